The molecule has 1 atom stereocenters. The molecule has 4 heteroatoms. The molecule has 1 amide bonds. The maximum Gasteiger partial charge on any atom is 0.229 e. The summed E-state index contributed by atoms with van der Waals surface area (Å²) in [5, 5.41) is 0. The van der Waals surface area contributed by atoms with Crippen LogP contribution in [0.5, 0.6) is 0 Å². The van der Waals surface area contributed by atoms with E-state index in [1.54, 1.807) is 12.1 Å². The summed E-state index contributed by atoms with van der Waals surface area (Å²) in [6, 6.07) is 17.6. The van der Waals surface area contributed by atoms with E-state index < -0.39 is 11.8 Å². The highest BCUT2D eigenvalue weighted by Gasteiger charge is 2.27. The topological polar surface area (TPSA) is 69.1 Å². The summed E-state index contributed by atoms with van der Waals surface area (Å²) in [4.78, 5) is 12.4. The molecule has 0 saturated carbocycles. The summed E-state index contributed by atoms with van der Waals surface area (Å²) in [6.45, 7) is 3.83. The van der Waals surface area contributed by atoms with Crippen LogP contribution in [0.2, 0.25) is 0 Å². The fourth-order valence-corrected chi connectivity index (χ4v) is 3.37. The summed E-state index contributed by atoms with van der Waals surface area (Å²) in [5.41, 5.74) is 17.7. The molecule has 3 rings (SSSR count). The van der Waals surface area contributed by atoms with Gasteiger partial charge in [0.15, 0.2) is 0 Å². The molecule has 4 N–H and O–H groups in total. The number of nitrogens with two attached hydrogens (primary N) is 2. The number of benzene rings is 3. The number of primary amides is 1. The molecule has 0 saturated heterocycles. The van der Waals surface area contributed by atoms with E-state index in [1.807, 2.05) is 50.2 Å². The molecular formula is C22H21FN2O. The lowest BCUT2D eigenvalue weighted by molar-refractivity contribution is -0.118. The predicted molar refractivity (Wildman–Crippen MR) is 103 cm³/mol. The Morgan fingerprint density at radius 3 is 2.19 bits per heavy atom. The van der Waals surface area contributed by atoms with Crippen LogP contribution in [0.15, 0.2) is 60.7 Å². The first-order valence-corrected chi connectivity index (χ1v) is 8.40. The summed E-state index contributed by atoms with van der Waals surface area (Å²) < 4.78 is 13.4. The fraction of sp³-hybridized carbons (Fsp3) is 0.136. The molecule has 0 heterocycles. The normalized spacial score (nSPS) is 12.0. The first kappa shape index (κ1) is 17.7. The molecule has 132 valence electrons. The van der Waals surface area contributed by atoms with Crippen molar-refractivity contribution in [1.29, 1.82) is 0 Å². The molecule has 0 spiro atoms. The number of anilines is 1. The maximum atomic E-state index is 13.4. The fourth-order valence-electron chi connectivity index (χ4n) is 3.37. The van der Waals surface area contributed by atoms with Crippen LogP contribution >= 0.6 is 0 Å². The van der Waals surface area contributed by atoms with Gasteiger partial charge < -0.3 is 11.5 Å². The molecule has 0 aliphatic heterocycles. The van der Waals surface area contributed by atoms with E-state index >= 15 is 0 Å². The van der Waals surface area contributed by atoms with Gasteiger partial charge in [0.2, 0.25) is 5.91 Å². The van der Waals surface area contributed by atoms with Gasteiger partial charge in [-0.15, -0.1) is 0 Å². The molecular weight excluding hydrogens is 327 g/mol. The maximum absolute atomic E-state index is 13.4. The SMILES string of the molecule is Cc1cc(-c2ccccc2)c(C(C(N)=O)c2ccc(F)cc2)c(C)c1N. The van der Waals surface area contributed by atoms with Crippen LogP contribution < -0.4 is 11.5 Å². The predicted octanol–water partition coefficient (Wildman–Crippen LogP) is 4.31. The van der Waals surface area contributed by atoms with E-state index in [-0.39, 0.29) is 5.82 Å². The third-order valence-corrected chi connectivity index (χ3v) is 4.75. The third-order valence-electron chi connectivity index (χ3n) is 4.75. The van der Waals surface area contributed by atoms with Crippen molar-refractivity contribution >= 4 is 11.6 Å². The first-order chi connectivity index (χ1) is 12.4. The zero-order valence-electron chi connectivity index (χ0n) is 14.8. The summed E-state index contributed by atoms with van der Waals surface area (Å²) >= 11 is 0. The van der Waals surface area contributed by atoms with Gasteiger partial charge >= 0.3 is 0 Å². The number of hydrogen-bond donors (Lipinski definition) is 2. The Morgan fingerprint density at radius 1 is 1.00 bits per heavy atom. The third kappa shape index (κ3) is 3.18. The van der Waals surface area contributed by atoms with Gasteiger partial charge in [0, 0.05) is 5.69 Å². The van der Waals surface area contributed by atoms with E-state index in [4.69, 9.17) is 11.5 Å². The number of hydrogen-bond acceptors (Lipinski definition) is 2. The van der Waals surface area contributed by atoms with Crippen molar-refractivity contribution in [2.75, 3.05) is 5.73 Å². The van der Waals surface area contributed by atoms with Gasteiger partial charge in [-0.05, 0) is 65.4 Å². The Morgan fingerprint density at radius 2 is 1.62 bits per heavy atom. The highest BCUT2D eigenvalue weighted by Crippen LogP contribution is 2.39. The molecule has 0 aliphatic carbocycles. The number of carbonyl (C=O) groups is 1. The smallest absolute Gasteiger partial charge is 0.229 e. The first-order valence-electron chi connectivity index (χ1n) is 8.40. The van der Waals surface area contributed by atoms with Crippen LogP contribution in [0, 0.1) is 19.7 Å². The van der Waals surface area contributed by atoms with Crippen LogP contribution in [0.4, 0.5) is 10.1 Å². The Hall–Kier alpha value is -3.14. The number of nitrogen functional groups attached to an aromatic ring is 1. The Kier molecular flexibility index (Phi) is 4.76. The molecule has 0 radical (unpaired) electrons. The van der Waals surface area contributed by atoms with Crippen molar-refractivity contribution < 1.29 is 9.18 Å². The van der Waals surface area contributed by atoms with E-state index in [2.05, 4.69) is 0 Å². The zero-order chi connectivity index (χ0) is 18.8. The van der Waals surface area contributed by atoms with Crippen molar-refractivity contribution in [3.05, 3.63) is 88.7 Å². The van der Waals surface area contributed by atoms with Gasteiger partial charge in [-0.3, -0.25) is 4.79 Å². The second-order valence-electron chi connectivity index (χ2n) is 6.45. The molecule has 0 aliphatic rings. The van der Waals surface area contributed by atoms with E-state index in [1.165, 1.54) is 12.1 Å². The lowest BCUT2D eigenvalue weighted by Gasteiger charge is -2.23. The Balaban J connectivity index is 2.32. The Bertz CT molecular complexity index is 950. The van der Waals surface area contributed by atoms with Crippen molar-refractivity contribution in [2.45, 2.75) is 19.8 Å². The van der Waals surface area contributed by atoms with Crippen LogP contribution in [-0.2, 0) is 4.79 Å². The van der Waals surface area contributed by atoms with Crippen LogP contribution in [0.25, 0.3) is 11.1 Å². The lowest BCUT2D eigenvalue weighted by atomic mass is 9.81. The summed E-state index contributed by atoms with van der Waals surface area (Å²) in [7, 11) is 0. The molecule has 3 nitrogen and oxygen atoms in total. The average Bonchev–Trinajstić information content (AvgIpc) is 2.63. The highest BCUT2D eigenvalue weighted by molar-refractivity contribution is 5.90. The van der Waals surface area contributed by atoms with Crippen LogP contribution in [-0.4, -0.2) is 5.91 Å². The highest BCUT2D eigenvalue weighted by atomic mass is 19.1. The largest absolute Gasteiger partial charge is 0.398 e. The standard InChI is InChI=1S/C22H21FN2O/c1-13-12-18(15-6-4-3-5-7-15)19(14(2)21(13)24)20(22(25)26)16-8-10-17(23)11-9-16/h3-12,20H,24H2,1-2H3,(H2,25,26). The van der Waals surface area contributed by atoms with Gasteiger partial charge in [0.1, 0.15) is 5.82 Å². The zero-order valence-corrected chi connectivity index (χ0v) is 14.8. The quantitative estimate of drug-likeness (QED) is 0.690. The van der Waals surface area contributed by atoms with E-state index in [0.717, 1.165) is 27.8 Å². The monoisotopic (exact) mass is 348 g/mol. The minimum atomic E-state index is -0.714. The molecule has 0 aromatic heterocycles. The molecule has 1 unspecified atom stereocenters. The minimum Gasteiger partial charge on any atom is -0.398 e. The van der Waals surface area contributed by atoms with Crippen LogP contribution in [0.3, 0.4) is 0 Å². The van der Waals surface area contributed by atoms with Crippen molar-refractivity contribution in [2.24, 2.45) is 5.73 Å². The Labute approximate surface area is 152 Å². The van der Waals surface area contributed by atoms with Gasteiger partial charge in [0.05, 0.1) is 5.92 Å². The number of carbonyl (C=O) groups excluding carboxylic acids is 1. The summed E-state index contributed by atoms with van der Waals surface area (Å²) in [5.74, 6) is -1.57. The number of halogens is 1. The van der Waals surface area contributed by atoms with Gasteiger partial charge in [-0.1, -0.05) is 42.5 Å². The van der Waals surface area contributed by atoms with Crippen molar-refractivity contribution in [1.82, 2.24) is 0 Å². The average molecular weight is 348 g/mol. The van der Waals surface area contributed by atoms with Crippen molar-refractivity contribution in [3.63, 3.8) is 0 Å². The molecule has 0 bridgehead atoms. The lowest BCUT2D eigenvalue weighted by Crippen LogP contribution is -2.24. The van der Waals surface area contributed by atoms with Gasteiger partial charge in [-0.25, -0.2) is 4.39 Å². The second-order valence-corrected chi connectivity index (χ2v) is 6.45. The van der Waals surface area contributed by atoms with Crippen LogP contribution in [0.1, 0.15) is 28.2 Å². The molecule has 3 aromatic rings. The van der Waals surface area contributed by atoms with E-state index in [0.29, 0.717) is 11.3 Å². The molecule has 3 aromatic carbocycles. The van der Waals surface area contributed by atoms with Crippen molar-refractivity contribution in [3.8, 4) is 11.1 Å². The minimum absolute atomic E-state index is 0.361. The van der Waals surface area contributed by atoms with Gasteiger partial charge in [-0.2, -0.15) is 0 Å². The molecule has 26 heavy (non-hydrogen) atoms. The number of rotatable bonds is 4. The number of aryl methyl sites for hydroxylation is 1. The second kappa shape index (κ2) is 7.00. The summed E-state index contributed by atoms with van der Waals surface area (Å²) in [6.07, 6.45) is 0. The van der Waals surface area contributed by atoms with E-state index in [9.17, 15) is 9.18 Å². The number of amides is 1. The molecule has 0 fully saturated rings. The van der Waals surface area contributed by atoms with Gasteiger partial charge in [0.25, 0.3) is 0 Å².